The van der Waals surface area contributed by atoms with Gasteiger partial charge in [-0.3, -0.25) is 52.7 Å². The number of carbonyl (C=O) groups is 11. The summed E-state index contributed by atoms with van der Waals surface area (Å²) in [4.78, 5) is 141. The number of aliphatic hydroxyl groups excluding tert-OH is 1. The number of hydrogen-bond acceptors (Lipinski definition) is 13. The maximum atomic E-state index is 13.7. The molecular weight excluding hydrogens is 857 g/mol. The first-order chi connectivity index (χ1) is 29.9. The molecular formula is C41H72N10O14. The number of carboxylic acids is 2. The third-order valence-electron chi connectivity index (χ3n) is 10.2. The van der Waals surface area contributed by atoms with E-state index in [9.17, 15) is 63.0 Å². The Morgan fingerprint density at radius 1 is 0.508 bits per heavy atom. The highest BCUT2D eigenvalue weighted by atomic mass is 16.4. The summed E-state index contributed by atoms with van der Waals surface area (Å²) in [6.07, 6.45) is -2.70. The molecule has 0 aliphatic carbocycles. The van der Waals surface area contributed by atoms with E-state index in [1.165, 1.54) is 13.8 Å². The van der Waals surface area contributed by atoms with Gasteiger partial charge in [-0.2, -0.15) is 0 Å². The summed E-state index contributed by atoms with van der Waals surface area (Å²) in [5.41, 5.74) is 10.9. The van der Waals surface area contributed by atoms with Gasteiger partial charge in [-0.05, 0) is 57.3 Å². The Morgan fingerprint density at radius 2 is 0.923 bits per heavy atom. The molecule has 15 N–H and O–H groups in total. The standard InChI is InChI=1S/C41H72N10O14/c1-12-20(8)31(39(62)45-22(10)41(64)65)50-38(61)30(19(6)7)49-37(60)29(18(4)5)48-33(56)21(9)44-40(63)32(23(11)52)51-35(58)25(13-14-27(43)53)46-36(59)26(15-17(2)3)47-34(57)24(42)16-28(54)55/h17-26,29-32,52H,12-16,42H2,1-11H3,(H2,43,53)(H,44,63)(H,45,62)(H,46,59)(H,47,57)(H,48,56)(H,49,60)(H,50,61)(H,51,58)(H,54,55)(H,64,65)/t20-,21-,22-,23+,24-,25-,26-,29-,30-,31-,32-/m0/s1. The van der Waals surface area contributed by atoms with Gasteiger partial charge < -0.3 is 69.3 Å². The number of primary amides is 1. The predicted molar refractivity (Wildman–Crippen MR) is 233 cm³/mol. The summed E-state index contributed by atoms with van der Waals surface area (Å²) in [5.74, 6) is -12.4. The minimum Gasteiger partial charge on any atom is -0.481 e. The van der Waals surface area contributed by atoms with Gasteiger partial charge in [-0.1, -0.05) is 61.8 Å². The number of aliphatic hydroxyl groups is 1. The van der Waals surface area contributed by atoms with E-state index in [0.717, 1.165) is 6.92 Å². The van der Waals surface area contributed by atoms with E-state index in [2.05, 4.69) is 42.5 Å². The molecule has 0 bridgehead atoms. The maximum Gasteiger partial charge on any atom is 0.325 e. The normalized spacial score (nSPS) is 16.4. The smallest absolute Gasteiger partial charge is 0.325 e. The van der Waals surface area contributed by atoms with Crippen LogP contribution in [0.15, 0.2) is 0 Å². The van der Waals surface area contributed by atoms with Gasteiger partial charge in [0.2, 0.25) is 53.2 Å². The van der Waals surface area contributed by atoms with Gasteiger partial charge in [0.1, 0.15) is 48.3 Å². The van der Waals surface area contributed by atoms with Crippen LogP contribution in [0.4, 0.5) is 0 Å². The predicted octanol–water partition coefficient (Wildman–Crippen LogP) is -3.16. The summed E-state index contributed by atoms with van der Waals surface area (Å²) >= 11 is 0. The molecule has 11 atom stereocenters. The van der Waals surface area contributed by atoms with Crippen LogP contribution in [0.2, 0.25) is 0 Å². The molecule has 0 saturated heterocycles. The van der Waals surface area contributed by atoms with E-state index in [1.54, 1.807) is 55.4 Å². The van der Waals surface area contributed by atoms with Crippen LogP contribution in [-0.2, 0) is 52.7 Å². The van der Waals surface area contributed by atoms with Crippen molar-refractivity contribution in [3.63, 3.8) is 0 Å². The molecule has 0 aromatic heterocycles. The SMILES string of the molecule is CC[C@H](C)[C@H](NC(=O)[C@@H](NC(=O)[C@@H](NC(=O)[C@H](C)NC(=O)[C@@H](NC(=O)[C@H](CCC(N)=O)NC(=O)[C@H](CC(C)C)NC(=O)[C@@H](N)CC(=O)O)[C@@H](C)O)C(C)C)C(C)C)C(=O)N[C@@H](C)C(=O)O. The Morgan fingerprint density at radius 3 is 1.35 bits per heavy atom. The molecule has 0 aliphatic rings. The van der Waals surface area contributed by atoms with Crippen molar-refractivity contribution in [3.05, 3.63) is 0 Å². The van der Waals surface area contributed by atoms with Gasteiger partial charge in [0.15, 0.2) is 0 Å². The highest BCUT2D eigenvalue weighted by Crippen LogP contribution is 2.13. The molecule has 0 fully saturated rings. The van der Waals surface area contributed by atoms with Gasteiger partial charge >= 0.3 is 11.9 Å². The van der Waals surface area contributed by atoms with Gasteiger partial charge in [0.05, 0.1) is 18.6 Å². The van der Waals surface area contributed by atoms with Crippen LogP contribution < -0.4 is 54.0 Å². The zero-order valence-electron chi connectivity index (χ0n) is 39.1. The van der Waals surface area contributed by atoms with Gasteiger partial charge in [0, 0.05) is 6.42 Å². The largest absolute Gasteiger partial charge is 0.481 e. The molecule has 9 amide bonds. The average molecular weight is 929 g/mol. The highest BCUT2D eigenvalue weighted by Gasteiger charge is 2.37. The number of nitrogens with one attached hydrogen (secondary N) is 8. The van der Waals surface area contributed by atoms with Crippen LogP contribution in [0.3, 0.4) is 0 Å². The second-order valence-corrected chi connectivity index (χ2v) is 17.3. The van der Waals surface area contributed by atoms with Crippen molar-refractivity contribution < 1.29 is 68.1 Å². The Hall–Kier alpha value is -5.91. The van der Waals surface area contributed by atoms with Crippen LogP contribution in [0.25, 0.3) is 0 Å². The topological polar surface area (TPSA) is 397 Å². The molecule has 0 rings (SSSR count). The number of carboxylic acid groups (broad SMARTS) is 2. The first kappa shape index (κ1) is 59.1. The van der Waals surface area contributed by atoms with Gasteiger partial charge in [0.25, 0.3) is 0 Å². The lowest BCUT2D eigenvalue weighted by Crippen LogP contribution is -2.62. The molecule has 24 nitrogen and oxygen atoms in total. The summed E-state index contributed by atoms with van der Waals surface area (Å²) in [6, 6.07) is -12.4. The molecule has 24 heteroatoms. The van der Waals surface area contributed by atoms with Crippen molar-refractivity contribution in [2.24, 2.45) is 35.1 Å². The van der Waals surface area contributed by atoms with Crippen molar-refractivity contribution in [1.82, 2.24) is 42.5 Å². The number of aliphatic carboxylic acids is 2. The number of rotatable bonds is 29. The quantitative estimate of drug-likeness (QED) is 0.0352. The second-order valence-electron chi connectivity index (χ2n) is 17.3. The highest BCUT2D eigenvalue weighted by molar-refractivity contribution is 5.98. The van der Waals surface area contributed by atoms with Crippen LogP contribution in [0.5, 0.6) is 0 Å². The summed E-state index contributed by atoms with van der Waals surface area (Å²) in [6.45, 7) is 17.0. The Kier molecular flexibility index (Phi) is 25.5. The van der Waals surface area contributed by atoms with Crippen molar-refractivity contribution in [2.75, 3.05) is 0 Å². The maximum absolute atomic E-state index is 13.7. The zero-order chi connectivity index (χ0) is 50.6. The summed E-state index contributed by atoms with van der Waals surface area (Å²) in [7, 11) is 0. The molecule has 0 saturated carbocycles. The summed E-state index contributed by atoms with van der Waals surface area (Å²) in [5, 5.41) is 48.3. The third-order valence-corrected chi connectivity index (χ3v) is 10.2. The fourth-order valence-electron chi connectivity index (χ4n) is 6.02. The lowest BCUT2D eigenvalue weighted by Gasteiger charge is -2.30. The Bertz CT molecular complexity index is 1710. The number of amides is 9. The van der Waals surface area contributed by atoms with Crippen LogP contribution >= 0.6 is 0 Å². The van der Waals surface area contributed by atoms with Crippen LogP contribution in [0.1, 0.15) is 108 Å². The van der Waals surface area contributed by atoms with E-state index < -0.39 is 163 Å². The molecule has 65 heavy (non-hydrogen) atoms. The molecule has 370 valence electrons. The third kappa shape index (κ3) is 21.1. The van der Waals surface area contributed by atoms with Crippen LogP contribution in [-0.4, -0.2) is 141 Å². The van der Waals surface area contributed by atoms with Gasteiger partial charge in [-0.15, -0.1) is 0 Å². The first-order valence-electron chi connectivity index (χ1n) is 21.5. The van der Waals surface area contributed by atoms with Crippen molar-refractivity contribution in [1.29, 1.82) is 0 Å². The molecule has 0 heterocycles. The van der Waals surface area contributed by atoms with Gasteiger partial charge in [-0.25, -0.2) is 0 Å². The fourth-order valence-corrected chi connectivity index (χ4v) is 6.02. The first-order valence-corrected chi connectivity index (χ1v) is 21.5. The molecule has 0 aromatic carbocycles. The second kappa shape index (κ2) is 28.1. The van der Waals surface area contributed by atoms with E-state index in [1.807, 2.05) is 0 Å². The number of hydrogen-bond donors (Lipinski definition) is 13. The molecule has 0 spiro atoms. The molecule has 0 aromatic rings. The lowest BCUT2D eigenvalue weighted by molar-refractivity contribution is -0.142. The van der Waals surface area contributed by atoms with E-state index in [-0.39, 0.29) is 12.3 Å². The molecule has 0 radical (unpaired) electrons. The molecule has 0 unspecified atom stereocenters. The van der Waals surface area contributed by atoms with Crippen molar-refractivity contribution >= 4 is 65.1 Å². The monoisotopic (exact) mass is 929 g/mol. The van der Waals surface area contributed by atoms with Crippen LogP contribution in [0, 0.1) is 23.7 Å². The Labute approximate surface area is 379 Å². The minimum atomic E-state index is -1.76. The minimum absolute atomic E-state index is 0.0169. The number of nitrogens with two attached hydrogens (primary N) is 2. The Balaban J connectivity index is 6.15. The van der Waals surface area contributed by atoms with E-state index in [4.69, 9.17) is 16.6 Å². The zero-order valence-corrected chi connectivity index (χ0v) is 39.1. The summed E-state index contributed by atoms with van der Waals surface area (Å²) < 4.78 is 0. The molecule has 0 aliphatic heterocycles. The average Bonchev–Trinajstić information content (AvgIpc) is 3.19. The fraction of sp³-hybridized carbons (Fsp3) is 0.732. The number of carbonyl (C=O) groups excluding carboxylic acids is 9. The van der Waals surface area contributed by atoms with E-state index in [0.29, 0.717) is 6.42 Å². The van der Waals surface area contributed by atoms with Crippen molar-refractivity contribution in [2.45, 2.75) is 169 Å². The van der Waals surface area contributed by atoms with Crippen molar-refractivity contribution in [3.8, 4) is 0 Å². The lowest BCUT2D eigenvalue weighted by atomic mass is 9.95. The van der Waals surface area contributed by atoms with E-state index >= 15 is 0 Å².